The van der Waals surface area contributed by atoms with E-state index in [1.165, 1.54) is 0 Å². The van der Waals surface area contributed by atoms with E-state index in [-0.39, 0.29) is 32.1 Å². The molecule has 1 amide bonds. The molecule has 0 saturated carbocycles. The van der Waals surface area contributed by atoms with Gasteiger partial charge >= 0.3 is 0 Å². The minimum atomic E-state index is -0.620. The third kappa shape index (κ3) is 5.03. The van der Waals surface area contributed by atoms with Crippen molar-refractivity contribution in [3.05, 3.63) is 24.3 Å². The van der Waals surface area contributed by atoms with Crippen molar-refractivity contribution in [1.29, 1.82) is 0 Å². The van der Waals surface area contributed by atoms with Crippen molar-refractivity contribution in [1.82, 2.24) is 5.32 Å². The quantitative estimate of drug-likeness (QED) is 0.491. The summed E-state index contributed by atoms with van der Waals surface area (Å²) in [6.07, 6.45) is 0.144. The third-order valence-electron chi connectivity index (χ3n) is 2.26. The standard InChI is InChI=1S/C12H18N2O4/c13-9-2-1-3-11(6-9)18-5-4-12(17)14-10(7-15)8-16/h1-3,6,10,15-16H,4-5,7-8,13H2,(H,14,17). The summed E-state index contributed by atoms with van der Waals surface area (Å²) in [5.41, 5.74) is 6.17. The lowest BCUT2D eigenvalue weighted by molar-refractivity contribution is -0.122. The van der Waals surface area contributed by atoms with E-state index in [2.05, 4.69) is 5.32 Å². The van der Waals surface area contributed by atoms with E-state index in [9.17, 15) is 4.79 Å². The SMILES string of the molecule is Nc1cccc(OCCC(=O)NC(CO)CO)c1. The molecule has 0 unspecified atom stereocenters. The summed E-state index contributed by atoms with van der Waals surface area (Å²) in [4.78, 5) is 11.4. The first-order valence-electron chi connectivity index (χ1n) is 5.65. The van der Waals surface area contributed by atoms with E-state index in [0.717, 1.165) is 0 Å². The smallest absolute Gasteiger partial charge is 0.223 e. The largest absolute Gasteiger partial charge is 0.493 e. The molecule has 0 heterocycles. The number of benzene rings is 1. The maximum Gasteiger partial charge on any atom is 0.223 e. The van der Waals surface area contributed by atoms with Gasteiger partial charge in [-0.2, -0.15) is 0 Å². The van der Waals surface area contributed by atoms with Gasteiger partial charge in [-0.15, -0.1) is 0 Å². The van der Waals surface area contributed by atoms with Crippen molar-refractivity contribution in [2.75, 3.05) is 25.6 Å². The maximum atomic E-state index is 11.4. The van der Waals surface area contributed by atoms with Crippen LogP contribution in [0.15, 0.2) is 24.3 Å². The van der Waals surface area contributed by atoms with Gasteiger partial charge in [-0.05, 0) is 12.1 Å². The van der Waals surface area contributed by atoms with Crippen LogP contribution in [0.1, 0.15) is 6.42 Å². The van der Waals surface area contributed by atoms with Crippen LogP contribution in [-0.4, -0.2) is 42.0 Å². The number of nitrogens with one attached hydrogen (secondary N) is 1. The van der Waals surface area contributed by atoms with Gasteiger partial charge in [-0.25, -0.2) is 0 Å². The Hall–Kier alpha value is -1.79. The Morgan fingerprint density at radius 1 is 1.39 bits per heavy atom. The molecular formula is C12H18N2O4. The maximum absolute atomic E-state index is 11.4. The number of hydrogen-bond acceptors (Lipinski definition) is 5. The highest BCUT2D eigenvalue weighted by atomic mass is 16.5. The van der Waals surface area contributed by atoms with Crippen molar-refractivity contribution < 1.29 is 19.7 Å². The average Bonchev–Trinajstić information content (AvgIpc) is 2.36. The molecule has 0 aliphatic rings. The number of carbonyl (C=O) groups is 1. The van der Waals surface area contributed by atoms with Gasteiger partial charge in [0, 0.05) is 11.8 Å². The molecule has 0 aromatic heterocycles. The second kappa shape index (κ2) is 7.52. The lowest BCUT2D eigenvalue weighted by Crippen LogP contribution is -2.40. The first-order valence-corrected chi connectivity index (χ1v) is 5.65. The Labute approximate surface area is 105 Å². The zero-order valence-corrected chi connectivity index (χ0v) is 10.0. The number of carbonyl (C=O) groups excluding carboxylic acids is 1. The van der Waals surface area contributed by atoms with Crippen LogP contribution in [0.25, 0.3) is 0 Å². The van der Waals surface area contributed by atoms with Crippen molar-refractivity contribution >= 4 is 11.6 Å². The van der Waals surface area contributed by atoms with Gasteiger partial charge < -0.3 is 26.0 Å². The molecular weight excluding hydrogens is 236 g/mol. The van der Waals surface area contributed by atoms with Crippen molar-refractivity contribution in [3.8, 4) is 5.75 Å². The lowest BCUT2D eigenvalue weighted by Gasteiger charge is -2.13. The van der Waals surface area contributed by atoms with E-state index in [0.29, 0.717) is 11.4 Å². The van der Waals surface area contributed by atoms with E-state index < -0.39 is 6.04 Å². The van der Waals surface area contributed by atoms with Crippen LogP contribution in [0.2, 0.25) is 0 Å². The summed E-state index contributed by atoms with van der Waals surface area (Å²) in [6, 6.07) is 6.30. The van der Waals surface area contributed by atoms with Gasteiger partial charge in [-0.1, -0.05) is 6.07 Å². The molecule has 0 bridgehead atoms. The highest BCUT2D eigenvalue weighted by molar-refractivity contribution is 5.76. The number of amides is 1. The minimum absolute atomic E-state index is 0.144. The molecule has 0 radical (unpaired) electrons. The summed E-state index contributed by atoms with van der Waals surface area (Å²) in [7, 11) is 0. The molecule has 1 aromatic carbocycles. The molecule has 0 aliphatic heterocycles. The van der Waals surface area contributed by atoms with Gasteiger partial charge in [0.2, 0.25) is 5.91 Å². The van der Waals surface area contributed by atoms with E-state index in [1.807, 2.05) is 0 Å². The number of aliphatic hydroxyl groups is 2. The first kappa shape index (κ1) is 14.3. The Morgan fingerprint density at radius 3 is 2.72 bits per heavy atom. The number of nitrogens with two attached hydrogens (primary N) is 1. The monoisotopic (exact) mass is 254 g/mol. The van der Waals surface area contributed by atoms with Crippen molar-refractivity contribution in [3.63, 3.8) is 0 Å². The van der Waals surface area contributed by atoms with Gasteiger partial charge in [0.1, 0.15) is 5.75 Å². The average molecular weight is 254 g/mol. The van der Waals surface area contributed by atoms with Crippen molar-refractivity contribution in [2.24, 2.45) is 0 Å². The van der Waals surface area contributed by atoms with Crippen molar-refractivity contribution in [2.45, 2.75) is 12.5 Å². The zero-order valence-electron chi connectivity index (χ0n) is 10.0. The Bertz CT molecular complexity index is 380. The molecule has 0 aliphatic carbocycles. The summed E-state index contributed by atoms with van der Waals surface area (Å²) in [5.74, 6) is 0.315. The molecule has 1 rings (SSSR count). The molecule has 5 N–H and O–H groups in total. The van der Waals surface area contributed by atoms with Crippen LogP contribution in [-0.2, 0) is 4.79 Å². The number of anilines is 1. The molecule has 0 fully saturated rings. The lowest BCUT2D eigenvalue weighted by atomic mass is 10.3. The van der Waals surface area contributed by atoms with Gasteiger partial charge in [0.25, 0.3) is 0 Å². The molecule has 1 aromatic rings. The number of ether oxygens (including phenoxy) is 1. The molecule has 0 spiro atoms. The second-order valence-corrected chi connectivity index (χ2v) is 3.80. The zero-order chi connectivity index (χ0) is 13.4. The second-order valence-electron chi connectivity index (χ2n) is 3.80. The van der Waals surface area contributed by atoms with Crippen LogP contribution in [0.4, 0.5) is 5.69 Å². The normalized spacial score (nSPS) is 10.4. The highest BCUT2D eigenvalue weighted by Crippen LogP contribution is 2.14. The number of aliphatic hydroxyl groups excluding tert-OH is 2. The molecule has 0 atom stereocenters. The molecule has 6 heteroatoms. The number of nitrogen functional groups attached to an aromatic ring is 1. The van der Waals surface area contributed by atoms with Crippen LogP contribution < -0.4 is 15.8 Å². The third-order valence-corrected chi connectivity index (χ3v) is 2.26. The van der Waals surface area contributed by atoms with Gasteiger partial charge in [0.05, 0.1) is 32.3 Å². The van der Waals surface area contributed by atoms with E-state index in [1.54, 1.807) is 24.3 Å². The van der Waals surface area contributed by atoms with E-state index >= 15 is 0 Å². The Kier molecular flexibility index (Phi) is 5.96. The predicted molar refractivity (Wildman–Crippen MR) is 67.1 cm³/mol. The van der Waals surface area contributed by atoms with Crippen LogP contribution in [0.5, 0.6) is 5.75 Å². The summed E-state index contributed by atoms with van der Waals surface area (Å²) in [6.45, 7) is -0.379. The van der Waals surface area contributed by atoms with Gasteiger partial charge in [0.15, 0.2) is 0 Å². The fourth-order valence-electron chi connectivity index (χ4n) is 1.31. The van der Waals surface area contributed by atoms with Crippen LogP contribution in [0.3, 0.4) is 0 Å². The Morgan fingerprint density at radius 2 is 2.11 bits per heavy atom. The Balaban J connectivity index is 2.27. The molecule has 6 nitrogen and oxygen atoms in total. The number of hydrogen-bond donors (Lipinski definition) is 4. The number of rotatable bonds is 7. The summed E-state index contributed by atoms with van der Waals surface area (Å²) >= 11 is 0. The fourth-order valence-corrected chi connectivity index (χ4v) is 1.31. The molecule has 100 valence electrons. The van der Waals surface area contributed by atoms with Gasteiger partial charge in [-0.3, -0.25) is 4.79 Å². The molecule has 0 saturated heterocycles. The minimum Gasteiger partial charge on any atom is -0.493 e. The first-order chi connectivity index (χ1) is 8.65. The molecule has 18 heavy (non-hydrogen) atoms. The predicted octanol–water partition coefficient (Wildman–Crippen LogP) is -0.493. The summed E-state index contributed by atoms with van der Waals surface area (Å²) in [5, 5.41) is 20.0. The topological polar surface area (TPSA) is 105 Å². The summed E-state index contributed by atoms with van der Waals surface area (Å²) < 4.78 is 5.34. The van der Waals surface area contributed by atoms with E-state index in [4.69, 9.17) is 20.7 Å². The van der Waals surface area contributed by atoms with Crippen LogP contribution in [0, 0.1) is 0 Å². The van der Waals surface area contributed by atoms with Crippen LogP contribution >= 0.6 is 0 Å². The fraction of sp³-hybridized carbons (Fsp3) is 0.417. The highest BCUT2D eigenvalue weighted by Gasteiger charge is 2.09.